The van der Waals surface area contributed by atoms with Gasteiger partial charge in [0.25, 0.3) is 0 Å². The standard InChI is InChI=1S/C28H29ClFN5O/c1-2-3-4-19-16-32-25-7-5-18(20-14-23(29)28(36)24(30)15-20)13-22(25)27(19)34-21-6-8-26(33-17-21)35-11-9-31-10-12-35/h5-8,13-17,31,36H,2-4,9-12H2,1H3,(H,32,34). The SMILES string of the molecule is CCCCc1cnc2ccc(-c3cc(F)c(O)c(Cl)c3)cc2c1Nc1ccc(N2CCNCC2)nc1. The van der Waals surface area contributed by atoms with Gasteiger partial charge in [-0.05, 0) is 65.9 Å². The third-order valence-corrected chi connectivity index (χ3v) is 6.84. The number of benzene rings is 2. The number of piperazine rings is 1. The maximum Gasteiger partial charge on any atom is 0.170 e. The molecule has 0 saturated carbocycles. The summed E-state index contributed by atoms with van der Waals surface area (Å²) in [7, 11) is 0. The molecule has 0 atom stereocenters. The zero-order chi connectivity index (χ0) is 25.1. The number of rotatable bonds is 7. The number of anilines is 3. The van der Waals surface area contributed by atoms with Gasteiger partial charge >= 0.3 is 0 Å². The Morgan fingerprint density at radius 2 is 1.89 bits per heavy atom. The van der Waals surface area contributed by atoms with Crippen LogP contribution in [0.4, 0.5) is 21.6 Å². The molecule has 1 aliphatic rings. The van der Waals surface area contributed by atoms with Crippen molar-refractivity contribution in [1.29, 1.82) is 0 Å². The number of hydrogen-bond donors (Lipinski definition) is 3. The highest BCUT2D eigenvalue weighted by molar-refractivity contribution is 6.32. The number of aryl methyl sites for hydroxylation is 1. The van der Waals surface area contributed by atoms with E-state index in [4.69, 9.17) is 16.6 Å². The van der Waals surface area contributed by atoms with Gasteiger partial charge in [-0.15, -0.1) is 0 Å². The summed E-state index contributed by atoms with van der Waals surface area (Å²) < 4.78 is 14.2. The molecular formula is C28H29ClFN5O. The molecule has 186 valence electrons. The van der Waals surface area contributed by atoms with E-state index in [0.717, 1.165) is 84.7 Å². The highest BCUT2D eigenvalue weighted by Gasteiger charge is 2.15. The van der Waals surface area contributed by atoms with Crippen molar-refractivity contribution in [3.8, 4) is 16.9 Å². The van der Waals surface area contributed by atoms with Crippen LogP contribution < -0.4 is 15.5 Å². The molecule has 36 heavy (non-hydrogen) atoms. The molecule has 0 bridgehead atoms. The van der Waals surface area contributed by atoms with Gasteiger partial charge in [-0.3, -0.25) is 4.98 Å². The topological polar surface area (TPSA) is 73.3 Å². The summed E-state index contributed by atoms with van der Waals surface area (Å²) in [6.07, 6.45) is 6.80. The number of nitrogens with zero attached hydrogens (tertiary/aromatic N) is 3. The molecule has 2 aromatic heterocycles. The Hall–Kier alpha value is -3.42. The van der Waals surface area contributed by atoms with Gasteiger partial charge in [0.2, 0.25) is 0 Å². The van der Waals surface area contributed by atoms with Crippen molar-refractivity contribution < 1.29 is 9.50 Å². The molecule has 1 aliphatic heterocycles. The Bertz CT molecular complexity index is 1350. The van der Waals surface area contributed by atoms with Crippen LogP contribution in [0.25, 0.3) is 22.0 Å². The zero-order valence-corrected chi connectivity index (χ0v) is 20.9. The van der Waals surface area contributed by atoms with E-state index in [0.29, 0.717) is 5.56 Å². The van der Waals surface area contributed by atoms with Gasteiger partial charge < -0.3 is 20.6 Å². The number of nitrogens with one attached hydrogen (secondary N) is 2. The molecule has 1 saturated heterocycles. The zero-order valence-electron chi connectivity index (χ0n) is 20.2. The number of fused-ring (bicyclic) bond motifs is 1. The Labute approximate surface area is 215 Å². The minimum absolute atomic E-state index is 0.0195. The highest BCUT2D eigenvalue weighted by atomic mass is 35.5. The lowest BCUT2D eigenvalue weighted by molar-refractivity contribution is 0.433. The second-order valence-corrected chi connectivity index (χ2v) is 9.46. The van der Waals surface area contributed by atoms with Gasteiger partial charge in [0.05, 0.1) is 28.1 Å². The van der Waals surface area contributed by atoms with Crippen LogP contribution in [-0.2, 0) is 6.42 Å². The summed E-state index contributed by atoms with van der Waals surface area (Å²) in [5.74, 6) is -0.313. The predicted molar refractivity (Wildman–Crippen MR) is 145 cm³/mol. The molecular weight excluding hydrogens is 477 g/mol. The summed E-state index contributed by atoms with van der Waals surface area (Å²) in [6, 6.07) is 12.8. The summed E-state index contributed by atoms with van der Waals surface area (Å²) in [4.78, 5) is 11.7. The lowest BCUT2D eigenvalue weighted by atomic mass is 9.99. The minimum atomic E-state index is -0.749. The Kier molecular flexibility index (Phi) is 7.20. The van der Waals surface area contributed by atoms with Gasteiger partial charge in [-0.25, -0.2) is 9.37 Å². The molecule has 2 aromatic carbocycles. The number of phenolic OH excluding ortho intramolecular Hbond substituents is 1. The van der Waals surface area contributed by atoms with Crippen molar-refractivity contribution >= 4 is 39.7 Å². The number of hydrogen-bond acceptors (Lipinski definition) is 6. The molecule has 5 rings (SSSR count). The quantitative estimate of drug-likeness (QED) is 0.274. The highest BCUT2D eigenvalue weighted by Crippen LogP contribution is 2.36. The molecule has 6 nitrogen and oxygen atoms in total. The minimum Gasteiger partial charge on any atom is -0.504 e. The monoisotopic (exact) mass is 505 g/mol. The van der Waals surface area contributed by atoms with Gasteiger partial charge in [-0.2, -0.15) is 0 Å². The smallest absolute Gasteiger partial charge is 0.170 e. The Balaban J connectivity index is 1.54. The van der Waals surface area contributed by atoms with Crippen LogP contribution >= 0.6 is 11.6 Å². The molecule has 4 aromatic rings. The van der Waals surface area contributed by atoms with E-state index < -0.39 is 11.6 Å². The fraction of sp³-hybridized carbons (Fsp3) is 0.286. The second-order valence-electron chi connectivity index (χ2n) is 9.05. The lowest BCUT2D eigenvalue weighted by Gasteiger charge is -2.28. The fourth-order valence-corrected chi connectivity index (χ4v) is 4.74. The van der Waals surface area contributed by atoms with Crippen LogP contribution in [0.3, 0.4) is 0 Å². The number of halogens is 2. The Morgan fingerprint density at radius 1 is 1.06 bits per heavy atom. The molecule has 3 N–H and O–H groups in total. The number of unbranched alkanes of at least 4 members (excludes halogenated alkanes) is 1. The maximum absolute atomic E-state index is 14.2. The van der Waals surface area contributed by atoms with Gasteiger partial charge in [0, 0.05) is 37.8 Å². The molecule has 1 fully saturated rings. The van der Waals surface area contributed by atoms with Crippen LogP contribution in [0.2, 0.25) is 5.02 Å². The first kappa shape index (κ1) is 24.3. The van der Waals surface area contributed by atoms with E-state index in [2.05, 4.69) is 39.6 Å². The van der Waals surface area contributed by atoms with Crippen LogP contribution in [0, 0.1) is 5.82 Å². The molecule has 3 heterocycles. The fourth-order valence-electron chi connectivity index (χ4n) is 4.54. The van der Waals surface area contributed by atoms with Crippen LogP contribution in [0.5, 0.6) is 5.75 Å². The van der Waals surface area contributed by atoms with E-state index in [9.17, 15) is 9.50 Å². The van der Waals surface area contributed by atoms with Gasteiger partial charge in [0.1, 0.15) is 5.82 Å². The van der Waals surface area contributed by atoms with E-state index in [1.807, 2.05) is 30.6 Å². The largest absolute Gasteiger partial charge is 0.504 e. The van der Waals surface area contributed by atoms with Crippen molar-refractivity contribution in [2.45, 2.75) is 26.2 Å². The summed E-state index contributed by atoms with van der Waals surface area (Å²) in [6.45, 7) is 5.98. The molecule has 0 unspecified atom stereocenters. The van der Waals surface area contributed by atoms with Crippen molar-refractivity contribution in [1.82, 2.24) is 15.3 Å². The van der Waals surface area contributed by atoms with Crippen LogP contribution in [-0.4, -0.2) is 41.3 Å². The molecule has 0 radical (unpaired) electrons. The number of phenols is 1. The summed E-state index contributed by atoms with van der Waals surface area (Å²) >= 11 is 6.05. The third-order valence-electron chi connectivity index (χ3n) is 6.55. The van der Waals surface area contributed by atoms with Crippen molar-refractivity contribution in [3.63, 3.8) is 0 Å². The second kappa shape index (κ2) is 10.7. The number of aromatic hydroxyl groups is 1. The molecule has 0 aliphatic carbocycles. The lowest BCUT2D eigenvalue weighted by Crippen LogP contribution is -2.43. The first-order chi connectivity index (χ1) is 17.5. The van der Waals surface area contributed by atoms with E-state index in [1.54, 1.807) is 6.07 Å². The van der Waals surface area contributed by atoms with E-state index >= 15 is 0 Å². The van der Waals surface area contributed by atoms with Crippen LogP contribution in [0.1, 0.15) is 25.3 Å². The van der Waals surface area contributed by atoms with Crippen LogP contribution in [0.15, 0.2) is 54.9 Å². The third kappa shape index (κ3) is 5.08. The first-order valence-corrected chi connectivity index (χ1v) is 12.7. The average Bonchev–Trinajstić information content (AvgIpc) is 2.91. The average molecular weight is 506 g/mol. The van der Waals surface area contributed by atoms with E-state index in [-0.39, 0.29) is 5.02 Å². The Morgan fingerprint density at radius 3 is 2.61 bits per heavy atom. The number of aromatic nitrogens is 2. The molecule has 8 heteroatoms. The normalized spacial score (nSPS) is 13.8. The van der Waals surface area contributed by atoms with Crippen molar-refractivity contribution in [2.24, 2.45) is 0 Å². The molecule has 0 amide bonds. The van der Waals surface area contributed by atoms with Gasteiger partial charge in [-0.1, -0.05) is 31.0 Å². The van der Waals surface area contributed by atoms with E-state index in [1.165, 1.54) is 6.07 Å². The van der Waals surface area contributed by atoms with Crippen molar-refractivity contribution in [3.05, 3.63) is 71.3 Å². The van der Waals surface area contributed by atoms with Gasteiger partial charge in [0.15, 0.2) is 11.6 Å². The first-order valence-electron chi connectivity index (χ1n) is 12.3. The molecule has 0 spiro atoms. The number of pyridine rings is 2. The van der Waals surface area contributed by atoms with Crippen molar-refractivity contribution in [2.75, 3.05) is 36.4 Å². The maximum atomic E-state index is 14.2. The summed E-state index contributed by atoms with van der Waals surface area (Å²) in [5.41, 5.74) is 5.18. The predicted octanol–water partition coefficient (Wildman–Crippen LogP) is 6.29. The summed E-state index contributed by atoms with van der Waals surface area (Å²) in [5, 5.41) is 17.6.